The Morgan fingerprint density at radius 3 is 2.17 bits per heavy atom. The van der Waals surface area contributed by atoms with Gasteiger partial charge in [0.15, 0.2) is 0 Å². The van der Waals surface area contributed by atoms with Crippen LogP contribution in [0.1, 0.15) is 73.1 Å². The maximum atomic E-state index is 12.6. The Morgan fingerprint density at radius 1 is 1.00 bits per heavy atom. The zero-order valence-electron chi connectivity index (χ0n) is 12.9. The molecule has 1 aliphatic carbocycles. The minimum absolute atomic E-state index is 0.0386. The van der Waals surface area contributed by atoms with E-state index in [1.807, 2.05) is 27.7 Å². The van der Waals surface area contributed by atoms with Crippen molar-refractivity contribution < 1.29 is 9.13 Å². The zero-order chi connectivity index (χ0) is 14.2. The molecule has 0 aromatic carbocycles. The van der Waals surface area contributed by atoms with Gasteiger partial charge in [0.25, 0.3) is 0 Å². The van der Waals surface area contributed by atoms with E-state index in [0.717, 1.165) is 25.2 Å². The summed E-state index contributed by atoms with van der Waals surface area (Å²) in [7, 11) is 0. The van der Waals surface area contributed by atoms with Gasteiger partial charge in [0, 0.05) is 12.8 Å². The van der Waals surface area contributed by atoms with E-state index < -0.39 is 0 Å². The van der Waals surface area contributed by atoms with Gasteiger partial charge in [-0.1, -0.05) is 53.9 Å². The van der Waals surface area contributed by atoms with Crippen molar-refractivity contribution in [3.8, 4) is 0 Å². The van der Waals surface area contributed by atoms with Crippen LogP contribution in [0.2, 0.25) is 0 Å². The lowest BCUT2D eigenvalue weighted by Crippen LogP contribution is -1.98. The van der Waals surface area contributed by atoms with Crippen LogP contribution in [0.5, 0.6) is 0 Å². The Hall–Kier alpha value is -0.790. The Balaban J connectivity index is 0. The molecule has 0 radical (unpaired) electrons. The number of hydrogen-bond donors (Lipinski definition) is 0. The van der Waals surface area contributed by atoms with Gasteiger partial charge in [-0.3, -0.25) is 0 Å². The molecule has 1 nitrogen and oxygen atoms in total. The molecule has 108 valence electrons. The number of ether oxygens (including phenoxy) is 1. The number of allylic oxidation sites excluding steroid dienone is 4. The van der Waals surface area contributed by atoms with Crippen LogP contribution in [0.3, 0.4) is 0 Å². The van der Waals surface area contributed by atoms with Crippen molar-refractivity contribution >= 4 is 0 Å². The summed E-state index contributed by atoms with van der Waals surface area (Å²) in [5.41, 5.74) is 0. The first-order chi connectivity index (χ1) is 8.83. The molecule has 2 heteroatoms. The first-order valence-corrected chi connectivity index (χ1v) is 7.51. The fourth-order valence-electron chi connectivity index (χ4n) is 1.45. The topological polar surface area (TPSA) is 9.23 Å². The number of halogens is 1. The lowest BCUT2D eigenvalue weighted by atomic mass is 10.1. The highest BCUT2D eigenvalue weighted by Gasteiger charge is 2.05. The molecule has 0 spiro atoms. The molecule has 0 aromatic heterocycles. The van der Waals surface area contributed by atoms with E-state index in [4.69, 9.17) is 4.74 Å². The van der Waals surface area contributed by atoms with Crippen LogP contribution >= 0.6 is 0 Å². The summed E-state index contributed by atoms with van der Waals surface area (Å²) in [5, 5.41) is 0. The molecule has 0 bridgehead atoms. The van der Waals surface area contributed by atoms with Gasteiger partial charge in [0.1, 0.15) is 5.83 Å². The zero-order valence-corrected chi connectivity index (χ0v) is 12.9. The third-order valence-electron chi connectivity index (χ3n) is 2.35. The minimum atomic E-state index is -0.0386. The van der Waals surface area contributed by atoms with E-state index in [-0.39, 0.29) is 5.83 Å². The van der Waals surface area contributed by atoms with Crippen molar-refractivity contribution in [1.29, 1.82) is 0 Å². The fourth-order valence-corrected chi connectivity index (χ4v) is 1.45. The van der Waals surface area contributed by atoms with Crippen molar-refractivity contribution in [3.63, 3.8) is 0 Å². The third-order valence-corrected chi connectivity index (χ3v) is 2.35. The van der Waals surface area contributed by atoms with E-state index in [2.05, 4.69) is 6.92 Å². The summed E-state index contributed by atoms with van der Waals surface area (Å²) in [4.78, 5) is 0. The monoisotopic (exact) mass is 258 g/mol. The quantitative estimate of drug-likeness (QED) is 0.518. The normalized spacial score (nSPS) is 13.2. The van der Waals surface area contributed by atoms with E-state index in [0.29, 0.717) is 6.42 Å². The van der Waals surface area contributed by atoms with Crippen LogP contribution in [0.4, 0.5) is 4.39 Å². The van der Waals surface area contributed by atoms with E-state index in [1.54, 1.807) is 6.08 Å². The fraction of sp³-hybridized carbons (Fsp3) is 0.750. The second-order valence-electron chi connectivity index (χ2n) is 3.66. The molecule has 0 aliphatic heterocycles. The first kappa shape index (κ1) is 19.5. The standard InChI is InChI=1S/C12H19FO.2C2H6/c1-2-3-4-5-10-14-12-8-6-11(13)7-9-12;2*1-2/h6,8H,2-5,7,9-10H2,1H3;2*1-2H3. The average Bonchev–Trinajstić information content (AvgIpc) is 2.45. The van der Waals surface area contributed by atoms with E-state index in [9.17, 15) is 4.39 Å². The lowest BCUT2D eigenvalue weighted by molar-refractivity contribution is 0.193. The highest BCUT2D eigenvalue weighted by molar-refractivity contribution is 5.16. The lowest BCUT2D eigenvalue weighted by Gasteiger charge is -2.12. The molecule has 1 aliphatic rings. The molecule has 0 unspecified atom stereocenters. The van der Waals surface area contributed by atoms with Crippen molar-refractivity contribution in [1.82, 2.24) is 0 Å². The van der Waals surface area contributed by atoms with E-state index in [1.165, 1.54) is 25.3 Å². The molecule has 0 aromatic rings. The highest BCUT2D eigenvalue weighted by Crippen LogP contribution is 2.19. The summed E-state index contributed by atoms with van der Waals surface area (Å²) >= 11 is 0. The predicted molar refractivity (Wildman–Crippen MR) is 79.3 cm³/mol. The Labute approximate surface area is 113 Å². The van der Waals surface area contributed by atoms with Crippen LogP contribution in [-0.2, 0) is 4.74 Å². The smallest absolute Gasteiger partial charge is 0.100 e. The SMILES string of the molecule is CC.CC.CCCCCCOC1=CC=C(F)CC1. The Bertz CT molecular complexity index is 219. The van der Waals surface area contributed by atoms with Gasteiger partial charge in [-0.15, -0.1) is 0 Å². The number of unbranched alkanes of at least 4 members (excludes halogenated alkanes) is 3. The molecule has 0 saturated carbocycles. The first-order valence-electron chi connectivity index (χ1n) is 7.51. The van der Waals surface area contributed by atoms with Crippen molar-refractivity contribution in [3.05, 3.63) is 23.7 Å². The molecule has 0 atom stereocenters. The van der Waals surface area contributed by atoms with Gasteiger partial charge < -0.3 is 4.74 Å². The number of hydrogen-bond acceptors (Lipinski definition) is 1. The van der Waals surface area contributed by atoms with Gasteiger partial charge >= 0.3 is 0 Å². The molecule has 18 heavy (non-hydrogen) atoms. The molecule has 0 fully saturated rings. The molecular formula is C16H31FO. The molecule has 0 N–H and O–H groups in total. The second-order valence-corrected chi connectivity index (χ2v) is 3.66. The van der Waals surface area contributed by atoms with Crippen molar-refractivity contribution in [2.45, 2.75) is 73.1 Å². The van der Waals surface area contributed by atoms with Gasteiger partial charge in [-0.05, 0) is 18.6 Å². The van der Waals surface area contributed by atoms with Crippen LogP contribution in [-0.4, -0.2) is 6.61 Å². The van der Waals surface area contributed by atoms with Crippen LogP contribution in [0.25, 0.3) is 0 Å². The summed E-state index contributed by atoms with van der Waals surface area (Å²) in [5.74, 6) is 0.895. The van der Waals surface area contributed by atoms with Crippen LogP contribution in [0.15, 0.2) is 23.7 Å². The van der Waals surface area contributed by atoms with Gasteiger partial charge in [0.2, 0.25) is 0 Å². The highest BCUT2D eigenvalue weighted by atomic mass is 19.1. The minimum Gasteiger partial charge on any atom is -0.498 e. The van der Waals surface area contributed by atoms with Crippen LogP contribution in [0, 0.1) is 0 Å². The summed E-state index contributed by atoms with van der Waals surface area (Å²) < 4.78 is 18.1. The molecule has 0 saturated heterocycles. The maximum Gasteiger partial charge on any atom is 0.100 e. The number of rotatable bonds is 6. The summed E-state index contributed by atoms with van der Waals surface area (Å²) in [6, 6.07) is 0. The Morgan fingerprint density at radius 2 is 1.67 bits per heavy atom. The van der Waals surface area contributed by atoms with Crippen molar-refractivity contribution in [2.75, 3.05) is 6.61 Å². The van der Waals surface area contributed by atoms with Crippen molar-refractivity contribution in [2.24, 2.45) is 0 Å². The summed E-state index contributed by atoms with van der Waals surface area (Å²) in [6.45, 7) is 11.0. The van der Waals surface area contributed by atoms with E-state index >= 15 is 0 Å². The second kappa shape index (κ2) is 16.2. The third kappa shape index (κ3) is 11.7. The van der Waals surface area contributed by atoms with Gasteiger partial charge in [-0.25, -0.2) is 4.39 Å². The molecular weight excluding hydrogens is 227 g/mol. The largest absolute Gasteiger partial charge is 0.498 e. The Kier molecular flexibility index (Phi) is 17.6. The molecule has 0 amide bonds. The maximum absolute atomic E-state index is 12.6. The molecule has 0 heterocycles. The summed E-state index contributed by atoms with van der Waals surface area (Å²) in [6.07, 6.45) is 9.33. The van der Waals surface area contributed by atoms with Gasteiger partial charge in [0.05, 0.1) is 12.4 Å². The predicted octanol–water partition coefficient (Wildman–Crippen LogP) is 6.17. The molecule has 1 rings (SSSR count). The average molecular weight is 258 g/mol. The van der Waals surface area contributed by atoms with Gasteiger partial charge in [-0.2, -0.15) is 0 Å². The van der Waals surface area contributed by atoms with Crippen LogP contribution < -0.4 is 0 Å².